The molecule has 0 unspecified atom stereocenters. The van der Waals surface area contributed by atoms with E-state index >= 15 is 0 Å². The zero-order valence-electron chi connectivity index (χ0n) is 16.1. The van der Waals surface area contributed by atoms with Crippen molar-refractivity contribution >= 4 is 34.1 Å². The van der Waals surface area contributed by atoms with Crippen molar-refractivity contribution in [1.29, 1.82) is 0 Å². The summed E-state index contributed by atoms with van der Waals surface area (Å²) < 4.78 is 15.1. The number of amides is 1. The molecule has 6 nitrogen and oxygen atoms in total. The second kappa shape index (κ2) is 9.19. The number of hydrogen-bond donors (Lipinski definition) is 1. The monoisotopic (exact) mass is 439 g/mol. The molecule has 152 valence electrons. The molecule has 0 saturated heterocycles. The Bertz CT molecular complexity index is 1140. The van der Waals surface area contributed by atoms with Crippen LogP contribution in [0.4, 0.5) is 9.52 Å². The Kier molecular flexibility index (Phi) is 6.20. The number of benzene rings is 2. The van der Waals surface area contributed by atoms with Crippen LogP contribution >= 0.6 is 23.1 Å². The molecule has 30 heavy (non-hydrogen) atoms. The van der Waals surface area contributed by atoms with Gasteiger partial charge in [-0.2, -0.15) is 0 Å². The average molecular weight is 440 g/mol. The SMILES string of the molecule is CCn1c(SCC(=O)Nc2nc(-c3ccccc3)cs2)nnc1-c1ccc(F)cc1. The van der Waals surface area contributed by atoms with E-state index in [4.69, 9.17) is 0 Å². The minimum absolute atomic E-state index is 0.164. The van der Waals surface area contributed by atoms with Crippen LogP contribution in [0.2, 0.25) is 0 Å². The van der Waals surface area contributed by atoms with E-state index in [1.54, 1.807) is 12.1 Å². The smallest absolute Gasteiger partial charge is 0.236 e. The Morgan fingerprint density at radius 2 is 1.87 bits per heavy atom. The van der Waals surface area contributed by atoms with Crippen molar-refractivity contribution in [2.45, 2.75) is 18.6 Å². The number of carbonyl (C=O) groups is 1. The third kappa shape index (κ3) is 4.58. The normalized spacial score (nSPS) is 10.9. The molecule has 0 saturated carbocycles. The van der Waals surface area contributed by atoms with Gasteiger partial charge in [0.25, 0.3) is 0 Å². The third-order valence-electron chi connectivity index (χ3n) is 4.29. The molecule has 4 rings (SSSR count). The lowest BCUT2D eigenvalue weighted by Gasteiger charge is -2.07. The Balaban J connectivity index is 1.40. The molecule has 0 radical (unpaired) electrons. The highest BCUT2D eigenvalue weighted by molar-refractivity contribution is 7.99. The zero-order valence-corrected chi connectivity index (χ0v) is 17.7. The summed E-state index contributed by atoms with van der Waals surface area (Å²) >= 11 is 2.69. The van der Waals surface area contributed by atoms with Gasteiger partial charge in [-0.15, -0.1) is 21.5 Å². The average Bonchev–Trinajstić information content (AvgIpc) is 3.40. The van der Waals surface area contributed by atoms with Crippen LogP contribution in [0.25, 0.3) is 22.6 Å². The first-order valence-corrected chi connectivity index (χ1v) is 11.1. The van der Waals surface area contributed by atoms with Gasteiger partial charge in [0.15, 0.2) is 16.1 Å². The molecule has 2 aromatic heterocycles. The van der Waals surface area contributed by atoms with Gasteiger partial charge in [0.2, 0.25) is 5.91 Å². The van der Waals surface area contributed by atoms with Crippen LogP contribution in [-0.2, 0) is 11.3 Å². The third-order valence-corrected chi connectivity index (χ3v) is 6.01. The fraction of sp³-hybridized carbons (Fsp3) is 0.143. The predicted molar refractivity (Wildman–Crippen MR) is 118 cm³/mol. The van der Waals surface area contributed by atoms with Crippen molar-refractivity contribution in [3.05, 3.63) is 65.8 Å². The summed E-state index contributed by atoms with van der Waals surface area (Å²) in [6, 6.07) is 15.9. The molecule has 2 aromatic carbocycles. The van der Waals surface area contributed by atoms with E-state index in [0.717, 1.165) is 16.8 Å². The minimum atomic E-state index is -0.301. The first-order chi connectivity index (χ1) is 14.6. The number of rotatable bonds is 7. The van der Waals surface area contributed by atoms with Crippen molar-refractivity contribution in [2.75, 3.05) is 11.1 Å². The second-order valence-electron chi connectivity index (χ2n) is 6.30. The van der Waals surface area contributed by atoms with Crippen molar-refractivity contribution < 1.29 is 9.18 Å². The number of halogens is 1. The molecule has 0 aliphatic carbocycles. The number of thioether (sulfide) groups is 1. The van der Waals surface area contributed by atoms with E-state index in [9.17, 15) is 9.18 Å². The van der Waals surface area contributed by atoms with E-state index in [2.05, 4.69) is 20.5 Å². The van der Waals surface area contributed by atoms with Gasteiger partial charge in [0, 0.05) is 23.1 Å². The van der Waals surface area contributed by atoms with Crippen LogP contribution in [0, 0.1) is 5.82 Å². The summed E-state index contributed by atoms with van der Waals surface area (Å²) in [5.74, 6) is 0.364. The Morgan fingerprint density at radius 3 is 2.60 bits per heavy atom. The Hall–Kier alpha value is -3.04. The fourth-order valence-corrected chi connectivity index (χ4v) is 4.39. The topological polar surface area (TPSA) is 72.7 Å². The standard InChI is InChI=1S/C21H18FN5OS2/c1-2-27-19(15-8-10-16(22)11-9-15)25-26-21(27)30-13-18(28)24-20-23-17(12-29-20)14-6-4-3-5-7-14/h3-12H,2,13H2,1H3,(H,23,24,28). The molecular weight excluding hydrogens is 421 g/mol. The van der Waals surface area contributed by atoms with Gasteiger partial charge in [0.1, 0.15) is 5.82 Å². The lowest BCUT2D eigenvalue weighted by Crippen LogP contribution is -2.14. The van der Waals surface area contributed by atoms with Gasteiger partial charge in [-0.25, -0.2) is 9.37 Å². The summed E-state index contributed by atoms with van der Waals surface area (Å²) in [5, 5.41) is 14.4. The lowest BCUT2D eigenvalue weighted by atomic mass is 10.2. The zero-order chi connectivity index (χ0) is 20.9. The maximum absolute atomic E-state index is 13.2. The second-order valence-corrected chi connectivity index (χ2v) is 8.10. The number of aromatic nitrogens is 4. The molecule has 0 spiro atoms. The summed E-state index contributed by atoms with van der Waals surface area (Å²) in [7, 11) is 0. The van der Waals surface area contributed by atoms with Crippen LogP contribution in [0.15, 0.2) is 65.1 Å². The summed E-state index contributed by atoms with van der Waals surface area (Å²) in [6.45, 7) is 2.61. The lowest BCUT2D eigenvalue weighted by molar-refractivity contribution is -0.113. The Labute approximate surface area is 181 Å². The largest absolute Gasteiger partial charge is 0.302 e. The van der Waals surface area contributed by atoms with Crippen molar-refractivity contribution in [2.24, 2.45) is 0 Å². The first kappa shape index (κ1) is 20.2. The molecule has 2 heterocycles. The van der Waals surface area contributed by atoms with Crippen LogP contribution in [0.3, 0.4) is 0 Å². The van der Waals surface area contributed by atoms with Gasteiger partial charge < -0.3 is 9.88 Å². The molecular formula is C21H18FN5OS2. The van der Waals surface area contributed by atoms with Gasteiger partial charge in [-0.05, 0) is 31.2 Å². The van der Waals surface area contributed by atoms with E-state index in [1.807, 2.05) is 47.2 Å². The number of hydrogen-bond acceptors (Lipinski definition) is 6. The quantitative estimate of drug-likeness (QED) is 0.412. The predicted octanol–water partition coefficient (Wildman–Crippen LogP) is 4.96. The van der Waals surface area contributed by atoms with E-state index in [1.165, 1.54) is 35.2 Å². The molecule has 9 heteroatoms. The molecule has 0 fully saturated rings. The highest BCUT2D eigenvalue weighted by Crippen LogP contribution is 2.26. The highest BCUT2D eigenvalue weighted by Gasteiger charge is 2.15. The molecule has 0 aliphatic rings. The summed E-state index contributed by atoms with van der Waals surface area (Å²) in [4.78, 5) is 16.9. The maximum Gasteiger partial charge on any atom is 0.236 e. The number of anilines is 1. The number of nitrogens with zero attached hydrogens (tertiary/aromatic N) is 4. The minimum Gasteiger partial charge on any atom is -0.302 e. The molecule has 1 N–H and O–H groups in total. The highest BCUT2D eigenvalue weighted by atomic mass is 32.2. The van der Waals surface area contributed by atoms with Gasteiger partial charge >= 0.3 is 0 Å². The number of thiazole rings is 1. The van der Waals surface area contributed by atoms with E-state index < -0.39 is 0 Å². The summed E-state index contributed by atoms with van der Waals surface area (Å²) in [6.07, 6.45) is 0. The van der Waals surface area contributed by atoms with Gasteiger partial charge in [0.05, 0.1) is 11.4 Å². The van der Waals surface area contributed by atoms with Crippen LogP contribution in [0.1, 0.15) is 6.92 Å². The van der Waals surface area contributed by atoms with Crippen LogP contribution in [0.5, 0.6) is 0 Å². The Morgan fingerprint density at radius 1 is 1.10 bits per heavy atom. The summed E-state index contributed by atoms with van der Waals surface area (Å²) in [5.41, 5.74) is 2.62. The number of nitrogens with one attached hydrogen (secondary N) is 1. The van der Waals surface area contributed by atoms with Crippen molar-refractivity contribution in [3.63, 3.8) is 0 Å². The first-order valence-electron chi connectivity index (χ1n) is 9.26. The van der Waals surface area contributed by atoms with Crippen molar-refractivity contribution in [1.82, 2.24) is 19.7 Å². The molecule has 0 atom stereocenters. The molecule has 1 amide bonds. The number of carbonyl (C=O) groups excluding carboxylic acids is 1. The van der Waals surface area contributed by atoms with Gasteiger partial charge in [-0.3, -0.25) is 4.79 Å². The van der Waals surface area contributed by atoms with Gasteiger partial charge in [-0.1, -0.05) is 42.1 Å². The van der Waals surface area contributed by atoms with E-state index in [0.29, 0.717) is 22.7 Å². The molecule has 4 aromatic rings. The molecule has 0 bridgehead atoms. The van der Waals surface area contributed by atoms with E-state index in [-0.39, 0.29) is 17.5 Å². The van der Waals surface area contributed by atoms with Crippen molar-refractivity contribution in [3.8, 4) is 22.6 Å². The molecule has 0 aliphatic heterocycles. The van der Waals surface area contributed by atoms with Crippen LogP contribution < -0.4 is 5.32 Å². The van der Waals surface area contributed by atoms with Crippen LogP contribution in [-0.4, -0.2) is 31.4 Å². The fourth-order valence-electron chi connectivity index (χ4n) is 2.85. The maximum atomic E-state index is 13.2.